The molecule has 1 amide bonds. The first-order valence-corrected chi connectivity index (χ1v) is 7.85. The van der Waals surface area contributed by atoms with Gasteiger partial charge >= 0.3 is 5.82 Å². The lowest BCUT2D eigenvalue weighted by Crippen LogP contribution is -2.40. The van der Waals surface area contributed by atoms with Gasteiger partial charge < -0.3 is 15.0 Å². The molecule has 110 valence electrons. The first-order chi connectivity index (χ1) is 9.56. The highest BCUT2D eigenvalue weighted by Gasteiger charge is 2.31. The molecule has 1 aromatic rings. The van der Waals surface area contributed by atoms with Gasteiger partial charge in [0.15, 0.2) is 5.69 Å². The van der Waals surface area contributed by atoms with E-state index in [1.54, 1.807) is 7.05 Å². The van der Waals surface area contributed by atoms with E-state index in [2.05, 4.69) is 15.9 Å². The first kappa shape index (κ1) is 15.0. The number of rotatable bonds is 5. The Morgan fingerprint density at radius 2 is 2.15 bits per heavy atom. The van der Waals surface area contributed by atoms with Gasteiger partial charge in [-0.05, 0) is 23.8 Å². The van der Waals surface area contributed by atoms with Gasteiger partial charge in [-0.2, -0.15) is 0 Å². The summed E-state index contributed by atoms with van der Waals surface area (Å²) in [7, 11) is 1.56. The number of halogens is 1. The van der Waals surface area contributed by atoms with Crippen LogP contribution in [0.4, 0.5) is 5.82 Å². The summed E-state index contributed by atoms with van der Waals surface area (Å²) in [5.74, 6) is -0.175. The van der Waals surface area contributed by atoms with Crippen LogP contribution in [0.5, 0.6) is 0 Å². The highest BCUT2D eigenvalue weighted by atomic mass is 79.9. The molecule has 20 heavy (non-hydrogen) atoms. The van der Waals surface area contributed by atoms with Crippen LogP contribution in [0.25, 0.3) is 0 Å². The minimum Gasteiger partial charge on any atom is -0.358 e. The molecule has 1 aromatic heterocycles. The zero-order valence-corrected chi connectivity index (χ0v) is 13.0. The fraction of sp³-hybridized carbons (Fsp3) is 0.615. The summed E-state index contributed by atoms with van der Waals surface area (Å²) in [4.78, 5) is 24.9. The summed E-state index contributed by atoms with van der Waals surface area (Å²) >= 11 is 3.38. The molecule has 0 unspecified atom stereocenters. The Kier molecular flexibility index (Phi) is 4.80. The summed E-state index contributed by atoms with van der Waals surface area (Å²) in [6, 6.07) is 3.18. The van der Waals surface area contributed by atoms with E-state index in [9.17, 15) is 14.9 Å². The maximum atomic E-state index is 12.6. The maximum Gasteiger partial charge on any atom is 0.323 e. The van der Waals surface area contributed by atoms with Gasteiger partial charge in [-0.15, -0.1) is 0 Å². The van der Waals surface area contributed by atoms with Crippen LogP contribution in [-0.4, -0.2) is 38.2 Å². The number of amides is 1. The van der Waals surface area contributed by atoms with Crippen molar-refractivity contribution in [1.82, 2.24) is 9.47 Å². The van der Waals surface area contributed by atoms with Gasteiger partial charge in [-0.1, -0.05) is 28.8 Å². The number of carbonyl (C=O) groups excluding carboxylic acids is 1. The number of nitro groups is 1. The number of hydrogen-bond donors (Lipinski definition) is 0. The van der Waals surface area contributed by atoms with Crippen molar-refractivity contribution in [3.8, 4) is 0 Å². The van der Waals surface area contributed by atoms with Gasteiger partial charge in [0.25, 0.3) is 5.91 Å². The van der Waals surface area contributed by atoms with E-state index in [-0.39, 0.29) is 17.8 Å². The van der Waals surface area contributed by atoms with Crippen molar-refractivity contribution in [3.63, 3.8) is 0 Å². The van der Waals surface area contributed by atoms with Crippen LogP contribution in [-0.2, 0) is 7.05 Å². The molecule has 0 radical (unpaired) electrons. The standard InChI is InChI=1S/C13H18BrN3O3/c1-15-11(6-7-12(15)17(19)20)13(18)16(9-8-14)10-4-2-3-5-10/h6-7,10H,2-5,8-9H2,1H3. The van der Waals surface area contributed by atoms with E-state index in [4.69, 9.17) is 0 Å². The monoisotopic (exact) mass is 343 g/mol. The van der Waals surface area contributed by atoms with Crippen LogP contribution >= 0.6 is 15.9 Å². The molecule has 0 bridgehead atoms. The second-order valence-electron chi connectivity index (χ2n) is 5.02. The Bertz CT molecular complexity index is 509. The molecule has 1 heterocycles. The minimum atomic E-state index is -0.471. The number of alkyl halides is 1. The zero-order chi connectivity index (χ0) is 14.7. The predicted octanol–water partition coefficient (Wildman–Crippen LogP) is 2.71. The quantitative estimate of drug-likeness (QED) is 0.469. The first-order valence-electron chi connectivity index (χ1n) is 6.73. The second-order valence-corrected chi connectivity index (χ2v) is 5.81. The largest absolute Gasteiger partial charge is 0.358 e. The van der Waals surface area contributed by atoms with Crippen LogP contribution in [0.1, 0.15) is 36.2 Å². The lowest BCUT2D eigenvalue weighted by molar-refractivity contribution is -0.391. The van der Waals surface area contributed by atoms with Gasteiger partial charge in [0.1, 0.15) is 0 Å². The molecule has 1 aliphatic rings. The van der Waals surface area contributed by atoms with E-state index in [1.807, 2.05) is 4.90 Å². The summed E-state index contributed by atoms with van der Waals surface area (Å²) < 4.78 is 1.36. The lowest BCUT2D eigenvalue weighted by Gasteiger charge is -2.27. The van der Waals surface area contributed by atoms with Crippen molar-refractivity contribution in [1.29, 1.82) is 0 Å². The molecule has 6 nitrogen and oxygen atoms in total. The zero-order valence-electron chi connectivity index (χ0n) is 11.4. The predicted molar refractivity (Wildman–Crippen MR) is 79.2 cm³/mol. The van der Waals surface area contributed by atoms with Crippen molar-refractivity contribution in [2.24, 2.45) is 7.05 Å². The third-order valence-corrected chi connectivity index (χ3v) is 4.21. The SMILES string of the molecule is Cn1c(C(=O)N(CCBr)C2CCCC2)ccc1[N+](=O)[O-]. The number of carbonyl (C=O) groups is 1. The van der Waals surface area contributed by atoms with Gasteiger partial charge in [0, 0.05) is 24.0 Å². The van der Waals surface area contributed by atoms with E-state index < -0.39 is 4.92 Å². The Morgan fingerprint density at radius 3 is 2.65 bits per heavy atom. The summed E-state index contributed by atoms with van der Waals surface area (Å²) in [5.41, 5.74) is 0.379. The van der Waals surface area contributed by atoms with Crippen molar-refractivity contribution in [2.45, 2.75) is 31.7 Å². The van der Waals surface area contributed by atoms with Gasteiger partial charge in [-0.25, -0.2) is 4.57 Å². The Hall–Kier alpha value is -1.37. The van der Waals surface area contributed by atoms with Gasteiger partial charge in [0.2, 0.25) is 0 Å². The second kappa shape index (κ2) is 6.39. The molecule has 1 aliphatic carbocycles. The molecule has 0 saturated heterocycles. The Balaban J connectivity index is 2.25. The van der Waals surface area contributed by atoms with Gasteiger partial charge in [-0.3, -0.25) is 4.79 Å². The third-order valence-electron chi connectivity index (χ3n) is 3.85. The van der Waals surface area contributed by atoms with E-state index >= 15 is 0 Å². The molecule has 0 aromatic carbocycles. The summed E-state index contributed by atoms with van der Waals surface area (Å²) in [6.45, 7) is 0.627. The molecule has 0 spiro atoms. The molecule has 0 N–H and O–H groups in total. The highest BCUT2D eigenvalue weighted by Crippen LogP contribution is 2.26. The normalized spacial score (nSPS) is 15.5. The van der Waals surface area contributed by atoms with Crippen LogP contribution in [0.2, 0.25) is 0 Å². The topological polar surface area (TPSA) is 68.4 Å². The van der Waals surface area contributed by atoms with Gasteiger partial charge in [0.05, 0.1) is 7.05 Å². The molecular formula is C13H18BrN3O3. The van der Waals surface area contributed by atoms with Crippen LogP contribution < -0.4 is 0 Å². The lowest BCUT2D eigenvalue weighted by atomic mass is 10.2. The van der Waals surface area contributed by atoms with E-state index in [1.165, 1.54) is 16.7 Å². The highest BCUT2D eigenvalue weighted by molar-refractivity contribution is 9.09. The molecule has 1 saturated carbocycles. The Labute approximate surface area is 126 Å². The molecule has 0 aliphatic heterocycles. The van der Waals surface area contributed by atoms with Crippen LogP contribution in [0, 0.1) is 10.1 Å². The summed E-state index contributed by atoms with van der Waals surface area (Å²) in [5, 5.41) is 11.6. The number of aromatic nitrogens is 1. The van der Waals surface area contributed by atoms with Crippen LogP contribution in [0.3, 0.4) is 0 Å². The maximum absolute atomic E-state index is 12.6. The van der Waals surface area contributed by atoms with Crippen molar-refractivity contribution in [2.75, 3.05) is 11.9 Å². The van der Waals surface area contributed by atoms with E-state index in [0.29, 0.717) is 17.6 Å². The van der Waals surface area contributed by atoms with Crippen molar-refractivity contribution < 1.29 is 9.72 Å². The number of nitrogens with zero attached hydrogens (tertiary/aromatic N) is 3. The van der Waals surface area contributed by atoms with Crippen LogP contribution in [0.15, 0.2) is 12.1 Å². The molecular weight excluding hydrogens is 326 g/mol. The number of hydrogen-bond acceptors (Lipinski definition) is 3. The van der Waals surface area contributed by atoms with E-state index in [0.717, 1.165) is 25.7 Å². The average molecular weight is 344 g/mol. The molecule has 7 heteroatoms. The fourth-order valence-electron chi connectivity index (χ4n) is 2.80. The third kappa shape index (κ3) is 2.87. The molecule has 2 rings (SSSR count). The molecule has 0 atom stereocenters. The van der Waals surface area contributed by atoms with Crippen molar-refractivity contribution >= 4 is 27.7 Å². The average Bonchev–Trinajstić information content (AvgIpc) is 3.04. The minimum absolute atomic E-state index is 0.0569. The smallest absolute Gasteiger partial charge is 0.323 e. The fourth-order valence-corrected chi connectivity index (χ4v) is 3.18. The Morgan fingerprint density at radius 1 is 1.50 bits per heavy atom. The van der Waals surface area contributed by atoms with Crippen molar-refractivity contribution in [3.05, 3.63) is 27.9 Å². The summed E-state index contributed by atoms with van der Waals surface area (Å²) in [6.07, 6.45) is 4.32. The molecule has 1 fully saturated rings.